The lowest BCUT2D eigenvalue weighted by Gasteiger charge is -2.25. The predicted octanol–water partition coefficient (Wildman–Crippen LogP) is -2.03. The zero-order valence-electron chi connectivity index (χ0n) is 11.8. The number of urea groups is 1. The van der Waals surface area contributed by atoms with Gasteiger partial charge in [-0.15, -0.1) is 0 Å². The second kappa shape index (κ2) is 7.08. The Hall–Kier alpha value is -1.63. The van der Waals surface area contributed by atoms with Gasteiger partial charge in [0, 0.05) is 19.6 Å². The molecule has 108 valence electrons. The maximum Gasteiger partial charge on any atom is 0.324 e. The van der Waals surface area contributed by atoms with Crippen LogP contribution in [0.25, 0.3) is 0 Å². The Kier molecular flexibility index (Phi) is 5.75. The van der Waals surface area contributed by atoms with Crippen LogP contribution in [-0.2, 0) is 9.59 Å². The van der Waals surface area contributed by atoms with E-state index >= 15 is 0 Å². The van der Waals surface area contributed by atoms with E-state index in [9.17, 15) is 14.4 Å². The fourth-order valence-electron chi connectivity index (χ4n) is 2.14. The van der Waals surface area contributed by atoms with Gasteiger partial charge in [-0.3, -0.25) is 14.5 Å². The molecule has 1 rings (SSSR count). The Morgan fingerprint density at radius 1 is 1.47 bits per heavy atom. The molecule has 7 heteroatoms. The van der Waals surface area contributed by atoms with Crippen LogP contribution in [0, 0.1) is 0 Å². The van der Waals surface area contributed by atoms with Crippen LogP contribution in [0.3, 0.4) is 0 Å². The van der Waals surface area contributed by atoms with E-state index < -0.39 is 6.04 Å². The lowest BCUT2D eigenvalue weighted by molar-refractivity contribution is -0.904. The van der Waals surface area contributed by atoms with Crippen molar-refractivity contribution < 1.29 is 19.3 Å². The van der Waals surface area contributed by atoms with Gasteiger partial charge in [-0.2, -0.15) is 0 Å². The molecule has 1 saturated heterocycles. The van der Waals surface area contributed by atoms with Crippen molar-refractivity contribution in [2.75, 3.05) is 32.7 Å². The van der Waals surface area contributed by atoms with Crippen molar-refractivity contribution in [1.29, 1.82) is 0 Å². The van der Waals surface area contributed by atoms with E-state index in [4.69, 9.17) is 0 Å². The minimum absolute atomic E-state index is 0.0788. The van der Waals surface area contributed by atoms with Crippen molar-refractivity contribution in [1.82, 2.24) is 15.5 Å². The molecule has 1 heterocycles. The van der Waals surface area contributed by atoms with Crippen LogP contribution in [0.5, 0.6) is 0 Å². The van der Waals surface area contributed by atoms with Crippen LogP contribution in [0.4, 0.5) is 4.79 Å². The summed E-state index contributed by atoms with van der Waals surface area (Å²) in [6, 6.07) is -0.748. The summed E-state index contributed by atoms with van der Waals surface area (Å²) in [6.07, 6.45) is 0. The number of hydrogen-bond donors (Lipinski definition) is 3. The Labute approximate surface area is 113 Å². The summed E-state index contributed by atoms with van der Waals surface area (Å²) in [6.45, 7) is 7.90. The van der Waals surface area contributed by atoms with Crippen molar-refractivity contribution in [2.45, 2.75) is 26.8 Å². The highest BCUT2D eigenvalue weighted by Crippen LogP contribution is 1.99. The lowest BCUT2D eigenvalue weighted by atomic mass is 10.2. The number of nitrogens with one attached hydrogen (secondary N) is 3. The first-order chi connectivity index (χ1) is 9.01. The molecule has 0 bridgehead atoms. The molecule has 0 aromatic carbocycles. The SMILES string of the molecule is CCNC(=O)C[NH+](CC)[C@@H](C)C(=O)N1CCNC1=O. The van der Waals surface area contributed by atoms with Crippen LogP contribution in [-0.4, -0.2) is 61.5 Å². The molecule has 0 aliphatic carbocycles. The molecule has 0 saturated carbocycles. The van der Waals surface area contributed by atoms with Crippen molar-refractivity contribution in [3.63, 3.8) is 0 Å². The molecule has 1 aliphatic heterocycles. The van der Waals surface area contributed by atoms with Gasteiger partial charge in [0.25, 0.3) is 11.8 Å². The number of carbonyl (C=O) groups excluding carboxylic acids is 3. The molecular weight excluding hydrogens is 248 g/mol. The van der Waals surface area contributed by atoms with Gasteiger partial charge < -0.3 is 15.5 Å². The number of likely N-dealkylation sites (N-methyl/N-ethyl adjacent to an activating group) is 2. The third-order valence-corrected chi connectivity index (χ3v) is 3.32. The van der Waals surface area contributed by atoms with E-state index in [1.54, 1.807) is 6.92 Å². The number of nitrogens with zero attached hydrogens (tertiary/aromatic N) is 1. The van der Waals surface area contributed by atoms with Gasteiger partial charge >= 0.3 is 6.03 Å². The fourth-order valence-corrected chi connectivity index (χ4v) is 2.14. The molecule has 19 heavy (non-hydrogen) atoms. The minimum Gasteiger partial charge on any atom is -0.351 e. The molecule has 1 unspecified atom stereocenters. The number of rotatable bonds is 6. The second-order valence-corrected chi connectivity index (χ2v) is 4.59. The summed E-state index contributed by atoms with van der Waals surface area (Å²) >= 11 is 0. The van der Waals surface area contributed by atoms with Crippen LogP contribution in [0.2, 0.25) is 0 Å². The van der Waals surface area contributed by atoms with Crippen molar-refractivity contribution in [3.8, 4) is 0 Å². The third kappa shape index (κ3) is 3.92. The number of quaternary nitrogens is 1. The van der Waals surface area contributed by atoms with Gasteiger partial charge in [0.15, 0.2) is 12.6 Å². The summed E-state index contributed by atoms with van der Waals surface area (Å²) in [5.74, 6) is -0.305. The molecule has 0 spiro atoms. The molecule has 1 aliphatic rings. The standard InChI is InChI=1S/C12H22N4O3/c1-4-13-10(17)8-15(5-2)9(3)11(18)16-7-6-14-12(16)19/h9H,4-8H2,1-3H3,(H,13,17)(H,14,19)/p+1/t9-/m0/s1. The fraction of sp³-hybridized carbons (Fsp3) is 0.750. The summed E-state index contributed by atoms with van der Waals surface area (Å²) in [5, 5.41) is 5.32. The number of amides is 4. The monoisotopic (exact) mass is 271 g/mol. The quantitative estimate of drug-likeness (QED) is 0.521. The average molecular weight is 271 g/mol. The lowest BCUT2D eigenvalue weighted by Crippen LogP contribution is -3.17. The summed E-state index contributed by atoms with van der Waals surface area (Å²) in [5.41, 5.74) is 0. The van der Waals surface area contributed by atoms with E-state index in [2.05, 4.69) is 10.6 Å². The van der Waals surface area contributed by atoms with Crippen molar-refractivity contribution in [2.24, 2.45) is 0 Å². The van der Waals surface area contributed by atoms with E-state index in [1.165, 1.54) is 4.90 Å². The largest absolute Gasteiger partial charge is 0.351 e. The van der Waals surface area contributed by atoms with E-state index in [0.29, 0.717) is 26.2 Å². The molecule has 2 atom stereocenters. The van der Waals surface area contributed by atoms with Crippen LogP contribution in [0.15, 0.2) is 0 Å². The van der Waals surface area contributed by atoms with Gasteiger partial charge in [-0.1, -0.05) is 0 Å². The molecule has 3 N–H and O–H groups in total. The van der Waals surface area contributed by atoms with Gasteiger partial charge in [0.05, 0.1) is 6.54 Å². The highest BCUT2D eigenvalue weighted by Gasteiger charge is 2.35. The van der Waals surface area contributed by atoms with Crippen LogP contribution < -0.4 is 15.5 Å². The summed E-state index contributed by atoms with van der Waals surface area (Å²) < 4.78 is 0. The smallest absolute Gasteiger partial charge is 0.324 e. The first-order valence-corrected chi connectivity index (χ1v) is 6.71. The topological polar surface area (TPSA) is 82.9 Å². The van der Waals surface area contributed by atoms with Crippen molar-refractivity contribution >= 4 is 17.8 Å². The molecule has 4 amide bonds. The molecule has 1 fully saturated rings. The predicted molar refractivity (Wildman–Crippen MR) is 69.6 cm³/mol. The molecule has 7 nitrogen and oxygen atoms in total. The first kappa shape index (κ1) is 15.4. The van der Waals surface area contributed by atoms with Crippen LogP contribution >= 0.6 is 0 Å². The maximum absolute atomic E-state index is 12.2. The number of hydrogen-bond acceptors (Lipinski definition) is 3. The number of imide groups is 1. The molecule has 0 aromatic rings. The molecular formula is C12H23N4O3+. The van der Waals surface area contributed by atoms with E-state index in [0.717, 1.165) is 4.90 Å². The second-order valence-electron chi connectivity index (χ2n) is 4.59. The molecule has 0 aromatic heterocycles. The third-order valence-electron chi connectivity index (χ3n) is 3.32. The Bertz CT molecular complexity index is 359. The van der Waals surface area contributed by atoms with E-state index in [1.807, 2.05) is 13.8 Å². The van der Waals surface area contributed by atoms with Gasteiger partial charge in [0.1, 0.15) is 0 Å². The van der Waals surface area contributed by atoms with Gasteiger partial charge in [0.2, 0.25) is 0 Å². The van der Waals surface area contributed by atoms with E-state index in [-0.39, 0.29) is 24.4 Å². The average Bonchev–Trinajstić information content (AvgIpc) is 2.81. The maximum atomic E-state index is 12.2. The number of carbonyl (C=O) groups is 3. The van der Waals surface area contributed by atoms with Crippen LogP contribution in [0.1, 0.15) is 20.8 Å². The highest BCUT2D eigenvalue weighted by atomic mass is 16.2. The molecule has 0 radical (unpaired) electrons. The summed E-state index contributed by atoms with van der Waals surface area (Å²) in [4.78, 5) is 37.3. The van der Waals surface area contributed by atoms with Gasteiger partial charge in [-0.05, 0) is 20.8 Å². The van der Waals surface area contributed by atoms with Crippen molar-refractivity contribution in [3.05, 3.63) is 0 Å². The zero-order valence-corrected chi connectivity index (χ0v) is 11.8. The summed E-state index contributed by atoms with van der Waals surface area (Å²) in [7, 11) is 0. The Morgan fingerprint density at radius 3 is 2.63 bits per heavy atom. The normalized spacial score (nSPS) is 17.8. The minimum atomic E-state index is -0.406. The Balaban J connectivity index is 2.61. The zero-order chi connectivity index (χ0) is 14.4. The van der Waals surface area contributed by atoms with Gasteiger partial charge in [-0.25, -0.2) is 4.79 Å². The highest BCUT2D eigenvalue weighted by molar-refractivity contribution is 5.97. The first-order valence-electron chi connectivity index (χ1n) is 6.71. The Morgan fingerprint density at radius 2 is 2.16 bits per heavy atom.